The molecule has 8 heteroatoms. The molecular weight excluding hydrogens is 420 g/mol. The molecule has 0 radical (unpaired) electrons. The minimum atomic E-state index is -3.60. The third-order valence-corrected chi connectivity index (χ3v) is 10.1. The van der Waals surface area contributed by atoms with E-state index in [4.69, 9.17) is 18.4 Å². The van der Waals surface area contributed by atoms with Crippen LogP contribution in [0.5, 0.6) is 0 Å². The normalized spacial score (nSPS) is 46.8. The Labute approximate surface area is 186 Å². The summed E-state index contributed by atoms with van der Waals surface area (Å²) in [5.41, 5.74) is -0.628. The average molecular weight is 459 g/mol. The molecule has 5 rings (SSSR count). The second kappa shape index (κ2) is 7.96. The van der Waals surface area contributed by atoms with Gasteiger partial charge in [-0.3, -0.25) is 8.98 Å². The van der Waals surface area contributed by atoms with Gasteiger partial charge in [-0.25, -0.2) is 0 Å². The summed E-state index contributed by atoms with van der Waals surface area (Å²) in [6.07, 6.45) is 8.02. The highest BCUT2D eigenvalue weighted by Crippen LogP contribution is 2.72. The van der Waals surface area contributed by atoms with Crippen molar-refractivity contribution in [2.75, 3.05) is 27.3 Å². The van der Waals surface area contributed by atoms with E-state index in [-0.39, 0.29) is 41.5 Å². The van der Waals surface area contributed by atoms with Gasteiger partial charge in [0.15, 0.2) is 0 Å². The van der Waals surface area contributed by atoms with Gasteiger partial charge in [0.05, 0.1) is 24.9 Å². The van der Waals surface area contributed by atoms with Gasteiger partial charge in [-0.2, -0.15) is 8.42 Å². The zero-order valence-electron chi connectivity index (χ0n) is 19.5. The van der Waals surface area contributed by atoms with Gasteiger partial charge in [-0.1, -0.05) is 13.3 Å². The number of fused-ring (bicyclic) bond motifs is 3. The van der Waals surface area contributed by atoms with Crippen LogP contribution >= 0.6 is 0 Å². The van der Waals surface area contributed by atoms with Crippen LogP contribution in [0.2, 0.25) is 0 Å². The van der Waals surface area contributed by atoms with E-state index in [1.54, 1.807) is 7.11 Å². The van der Waals surface area contributed by atoms with E-state index < -0.39 is 21.6 Å². The fourth-order valence-corrected chi connectivity index (χ4v) is 9.13. The number of hydrogen-bond acceptors (Lipinski definition) is 7. The summed E-state index contributed by atoms with van der Waals surface area (Å²) >= 11 is 0. The Hall–Kier alpha value is -0.700. The molecule has 5 aliphatic carbocycles. The molecule has 5 aliphatic rings. The number of esters is 1. The Kier molecular flexibility index (Phi) is 6.02. The van der Waals surface area contributed by atoms with Gasteiger partial charge in [0.1, 0.15) is 12.9 Å². The van der Waals surface area contributed by atoms with Crippen LogP contribution in [0.1, 0.15) is 65.2 Å². The van der Waals surface area contributed by atoms with Crippen LogP contribution in [0, 0.1) is 34.0 Å². The van der Waals surface area contributed by atoms with Gasteiger partial charge in [-0.05, 0) is 75.0 Å². The first kappa shape index (κ1) is 23.5. The predicted molar refractivity (Wildman–Crippen MR) is 115 cm³/mol. The molecule has 2 bridgehead atoms. The number of hydrogen-bond donors (Lipinski definition) is 0. The Morgan fingerprint density at radius 1 is 1.03 bits per heavy atom. The number of ether oxygens (including phenoxy) is 3. The molecule has 31 heavy (non-hydrogen) atoms. The van der Waals surface area contributed by atoms with E-state index in [2.05, 4.69) is 13.8 Å². The fourth-order valence-electron chi connectivity index (χ4n) is 8.47. The first-order valence-electron chi connectivity index (χ1n) is 11.6. The smallest absolute Gasteiger partial charge is 0.311 e. The highest BCUT2D eigenvalue weighted by molar-refractivity contribution is 7.86. The van der Waals surface area contributed by atoms with Crippen molar-refractivity contribution in [2.24, 2.45) is 34.0 Å². The van der Waals surface area contributed by atoms with E-state index in [9.17, 15) is 13.2 Å². The zero-order valence-corrected chi connectivity index (χ0v) is 20.3. The molecule has 8 atom stereocenters. The minimum absolute atomic E-state index is 0.0111. The molecule has 5 fully saturated rings. The lowest BCUT2D eigenvalue weighted by molar-refractivity contribution is -0.276. The molecule has 0 heterocycles. The van der Waals surface area contributed by atoms with Crippen molar-refractivity contribution in [3.63, 3.8) is 0 Å². The second-order valence-corrected chi connectivity index (χ2v) is 12.5. The van der Waals surface area contributed by atoms with Crippen molar-refractivity contribution in [3.8, 4) is 0 Å². The Morgan fingerprint density at radius 2 is 1.74 bits per heavy atom. The monoisotopic (exact) mass is 458 g/mol. The van der Waals surface area contributed by atoms with Crippen LogP contribution in [0.15, 0.2) is 0 Å². The summed E-state index contributed by atoms with van der Waals surface area (Å²) in [4.78, 5) is 12.9. The molecule has 0 aliphatic heterocycles. The average Bonchev–Trinajstić information content (AvgIpc) is 2.71. The molecule has 0 aromatic carbocycles. The molecule has 178 valence electrons. The molecule has 5 saturated carbocycles. The van der Waals surface area contributed by atoms with Crippen LogP contribution in [0.3, 0.4) is 0 Å². The number of methoxy groups -OCH3 is 2. The van der Waals surface area contributed by atoms with Crippen LogP contribution < -0.4 is 0 Å². The topological polar surface area (TPSA) is 88.1 Å². The van der Waals surface area contributed by atoms with Crippen molar-refractivity contribution in [2.45, 2.75) is 77.4 Å². The van der Waals surface area contributed by atoms with Gasteiger partial charge >= 0.3 is 5.97 Å². The first-order valence-corrected chi connectivity index (χ1v) is 13.4. The summed E-state index contributed by atoms with van der Waals surface area (Å²) in [7, 11) is -0.518. The zero-order chi connectivity index (χ0) is 22.7. The van der Waals surface area contributed by atoms with E-state index in [1.807, 2.05) is 0 Å². The molecule has 0 amide bonds. The van der Waals surface area contributed by atoms with Crippen molar-refractivity contribution in [3.05, 3.63) is 0 Å². The first-order chi connectivity index (χ1) is 14.5. The van der Waals surface area contributed by atoms with Crippen LogP contribution in [0.25, 0.3) is 0 Å². The summed E-state index contributed by atoms with van der Waals surface area (Å²) in [5.74, 6) is 0.660. The van der Waals surface area contributed by atoms with E-state index in [0.717, 1.165) is 57.6 Å². The largest absolute Gasteiger partial charge is 0.469 e. The van der Waals surface area contributed by atoms with Crippen molar-refractivity contribution in [1.29, 1.82) is 0 Å². The van der Waals surface area contributed by atoms with Gasteiger partial charge in [0, 0.05) is 12.5 Å². The molecular formula is C23H38O7S. The standard InChI is InChI=1S/C23H38O7S/c1-21-9-6-10-22(2,20(24)28-4)16(21)8-12-23-11-7-15(13-17(21)23)18(30-31(5,25)26)19(23)29-14-27-3/h15-19H,6-14H2,1-5H3/t15-,16+,17+,18-,19-,21-,22-,23+/m1/s1. The Bertz CT molecular complexity index is 813. The summed E-state index contributed by atoms with van der Waals surface area (Å²) in [6.45, 7) is 4.58. The van der Waals surface area contributed by atoms with Gasteiger partial charge in [0.25, 0.3) is 10.1 Å². The molecule has 0 N–H and O–H groups in total. The predicted octanol–water partition coefficient (Wildman–Crippen LogP) is 3.52. The van der Waals surface area contributed by atoms with Gasteiger partial charge < -0.3 is 14.2 Å². The molecule has 7 nitrogen and oxygen atoms in total. The molecule has 0 aromatic rings. The molecule has 0 aromatic heterocycles. The SMILES string of the molecule is COCO[C@@H]1[C@H](OS(C)(=O)=O)[C@@H]2CC[C@@]13CC[C@H]1[C@@](C)(CCC[C@@]1(C)C(=O)OC)[C@@H]3C2. The third kappa shape index (κ3) is 3.56. The number of carbonyl (C=O) groups excluding carboxylic acids is 1. The Balaban J connectivity index is 1.73. The second-order valence-electron chi connectivity index (χ2n) is 10.9. The van der Waals surface area contributed by atoms with Gasteiger partial charge in [-0.15, -0.1) is 0 Å². The van der Waals surface area contributed by atoms with E-state index in [0.29, 0.717) is 5.92 Å². The molecule has 1 spiro atoms. The van der Waals surface area contributed by atoms with Crippen LogP contribution in [-0.4, -0.2) is 53.9 Å². The van der Waals surface area contributed by atoms with Gasteiger partial charge in [0.2, 0.25) is 0 Å². The summed E-state index contributed by atoms with van der Waals surface area (Å²) in [6, 6.07) is 0. The number of rotatable bonds is 6. The fraction of sp³-hybridized carbons (Fsp3) is 0.957. The van der Waals surface area contributed by atoms with Crippen molar-refractivity contribution >= 4 is 16.1 Å². The summed E-state index contributed by atoms with van der Waals surface area (Å²) in [5, 5.41) is 0. The van der Waals surface area contributed by atoms with Crippen LogP contribution in [0.4, 0.5) is 0 Å². The maximum atomic E-state index is 12.9. The van der Waals surface area contributed by atoms with Crippen LogP contribution in [-0.2, 0) is 33.3 Å². The van der Waals surface area contributed by atoms with E-state index >= 15 is 0 Å². The lowest BCUT2D eigenvalue weighted by atomic mass is 9.36. The third-order valence-electron chi connectivity index (χ3n) is 9.52. The number of carbonyl (C=O) groups is 1. The summed E-state index contributed by atoms with van der Waals surface area (Å²) < 4.78 is 46.5. The van der Waals surface area contributed by atoms with Crippen molar-refractivity contribution < 1.29 is 31.6 Å². The Morgan fingerprint density at radius 3 is 2.39 bits per heavy atom. The minimum Gasteiger partial charge on any atom is -0.469 e. The lowest BCUT2D eigenvalue weighted by Crippen LogP contribution is -2.69. The maximum Gasteiger partial charge on any atom is 0.311 e. The van der Waals surface area contributed by atoms with Crippen molar-refractivity contribution in [1.82, 2.24) is 0 Å². The molecule has 0 unspecified atom stereocenters. The maximum absolute atomic E-state index is 12.9. The lowest BCUT2D eigenvalue weighted by Gasteiger charge is -2.70. The van der Waals surface area contributed by atoms with E-state index in [1.165, 1.54) is 7.11 Å². The highest BCUT2D eigenvalue weighted by atomic mass is 32.2. The molecule has 0 saturated heterocycles. The highest BCUT2D eigenvalue weighted by Gasteiger charge is 2.69. The quantitative estimate of drug-likeness (QED) is 0.342.